The summed E-state index contributed by atoms with van der Waals surface area (Å²) in [6.07, 6.45) is 3.38. The smallest absolute Gasteiger partial charge is 0.194 e. The van der Waals surface area contributed by atoms with Gasteiger partial charge in [0.15, 0.2) is 5.96 Å². The first-order chi connectivity index (χ1) is 14.0. The Morgan fingerprint density at radius 1 is 1.14 bits per heavy atom. The number of nitrogens with two attached hydrogens (primary N) is 1. The third-order valence-corrected chi connectivity index (χ3v) is 6.52. The van der Waals surface area contributed by atoms with Gasteiger partial charge in [-0.2, -0.15) is 0 Å². The van der Waals surface area contributed by atoms with E-state index in [0.29, 0.717) is 22.7 Å². The van der Waals surface area contributed by atoms with Crippen LogP contribution in [-0.4, -0.2) is 30.6 Å². The summed E-state index contributed by atoms with van der Waals surface area (Å²) in [6.45, 7) is 5.01. The van der Waals surface area contributed by atoms with Crippen LogP contribution in [0.2, 0.25) is 10.0 Å². The Morgan fingerprint density at radius 2 is 1.90 bits per heavy atom. The second-order valence-corrected chi connectivity index (χ2v) is 8.62. The molecule has 0 amide bonds. The van der Waals surface area contributed by atoms with Crippen molar-refractivity contribution in [3.05, 3.63) is 74.8 Å². The summed E-state index contributed by atoms with van der Waals surface area (Å²) in [5.41, 5.74) is 12.1. The van der Waals surface area contributed by atoms with Crippen molar-refractivity contribution in [1.29, 1.82) is 0 Å². The van der Waals surface area contributed by atoms with Gasteiger partial charge in [0, 0.05) is 17.2 Å². The molecule has 1 heterocycles. The van der Waals surface area contributed by atoms with Gasteiger partial charge in [0.1, 0.15) is 0 Å². The van der Waals surface area contributed by atoms with Crippen molar-refractivity contribution in [3.63, 3.8) is 0 Å². The summed E-state index contributed by atoms with van der Waals surface area (Å²) in [4.78, 5) is 6.87. The van der Waals surface area contributed by atoms with Gasteiger partial charge in [-0.25, -0.2) is 4.99 Å². The van der Waals surface area contributed by atoms with Gasteiger partial charge in [-0.15, -0.1) is 0 Å². The van der Waals surface area contributed by atoms with Crippen LogP contribution in [0.1, 0.15) is 48.8 Å². The molecule has 29 heavy (non-hydrogen) atoms. The highest BCUT2D eigenvalue weighted by molar-refractivity contribution is 6.42. The molecule has 1 fully saturated rings. The maximum Gasteiger partial charge on any atom is 0.194 e. The second kappa shape index (κ2) is 8.78. The Bertz CT molecular complexity index is 961. The number of likely N-dealkylation sites (tertiary alicyclic amines) is 1. The Kier molecular flexibility index (Phi) is 6.14. The molecule has 0 saturated carbocycles. The average Bonchev–Trinajstić information content (AvgIpc) is 3.24. The predicted octanol–water partition coefficient (Wildman–Crippen LogP) is 5.22. The summed E-state index contributed by atoms with van der Waals surface area (Å²) in [5, 5.41) is 4.54. The summed E-state index contributed by atoms with van der Waals surface area (Å²) in [5.74, 6) is 0.698. The van der Waals surface area contributed by atoms with Gasteiger partial charge in [0.2, 0.25) is 0 Å². The van der Waals surface area contributed by atoms with E-state index in [1.807, 2.05) is 12.1 Å². The number of allylic oxidation sites excluding steroid dienone is 1. The van der Waals surface area contributed by atoms with Gasteiger partial charge in [-0.05, 0) is 68.1 Å². The molecule has 0 bridgehead atoms. The van der Waals surface area contributed by atoms with Gasteiger partial charge >= 0.3 is 0 Å². The van der Waals surface area contributed by atoms with Crippen molar-refractivity contribution in [1.82, 2.24) is 10.2 Å². The van der Waals surface area contributed by atoms with Crippen LogP contribution >= 0.6 is 23.2 Å². The van der Waals surface area contributed by atoms with Crippen LogP contribution in [-0.2, 0) is 0 Å². The van der Waals surface area contributed by atoms with E-state index < -0.39 is 0 Å². The quantitative estimate of drug-likeness (QED) is 0.518. The zero-order valence-electron chi connectivity index (χ0n) is 16.6. The molecule has 2 aliphatic rings. The summed E-state index contributed by atoms with van der Waals surface area (Å²) in [7, 11) is 0. The van der Waals surface area contributed by atoms with E-state index >= 15 is 0 Å². The van der Waals surface area contributed by atoms with Crippen molar-refractivity contribution in [2.24, 2.45) is 10.7 Å². The molecule has 0 spiro atoms. The Balaban J connectivity index is 1.61. The van der Waals surface area contributed by atoms with Crippen LogP contribution in [0, 0.1) is 0 Å². The largest absolute Gasteiger partial charge is 0.370 e. The minimum Gasteiger partial charge on any atom is -0.370 e. The lowest BCUT2D eigenvalue weighted by Gasteiger charge is -2.30. The summed E-state index contributed by atoms with van der Waals surface area (Å²) < 4.78 is 0. The first-order valence-electron chi connectivity index (χ1n) is 10.1. The Labute approximate surface area is 182 Å². The Hall–Kier alpha value is -2.01. The SMILES string of the molecule is CC1=C(NC(N)=NCN2CCCC2)c2ccccc2C(c2ccc(Cl)c(Cl)c2)C1. The minimum absolute atomic E-state index is 0.231. The number of hydrogen-bond donors (Lipinski definition) is 2. The third kappa shape index (κ3) is 4.45. The van der Waals surface area contributed by atoms with E-state index in [-0.39, 0.29) is 5.92 Å². The van der Waals surface area contributed by atoms with Gasteiger partial charge in [-0.1, -0.05) is 53.5 Å². The van der Waals surface area contributed by atoms with Crippen LogP contribution in [0.25, 0.3) is 5.70 Å². The molecular weight excluding hydrogens is 403 g/mol. The van der Waals surface area contributed by atoms with E-state index in [4.69, 9.17) is 28.9 Å². The van der Waals surface area contributed by atoms with Gasteiger partial charge < -0.3 is 11.1 Å². The van der Waals surface area contributed by atoms with Crippen molar-refractivity contribution < 1.29 is 0 Å². The molecule has 6 heteroatoms. The van der Waals surface area contributed by atoms with E-state index in [2.05, 4.69) is 52.5 Å². The molecule has 1 atom stereocenters. The number of rotatable bonds is 4. The average molecular weight is 429 g/mol. The highest BCUT2D eigenvalue weighted by atomic mass is 35.5. The van der Waals surface area contributed by atoms with Crippen LogP contribution in [0.4, 0.5) is 0 Å². The maximum absolute atomic E-state index is 6.29. The predicted molar refractivity (Wildman–Crippen MR) is 122 cm³/mol. The number of hydrogen-bond acceptors (Lipinski definition) is 2. The molecule has 0 radical (unpaired) electrons. The molecule has 1 unspecified atom stereocenters. The highest BCUT2D eigenvalue weighted by Crippen LogP contribution is 2.42. The van der Waals surface area contributed by atoms with E-state index in [1.54, 1.807) is 0 Å². The summed E-state index contributed by atoms with van der Waals surface area (Å²) >= 11 is 12.4. The van der Waals surface area contributed by atoms with Crippen LogP contribution < -0.4 is 11.1 Å². The van der Waals surface area contributed by atoms with Gasteiger partial charge in [-0.3, -0.25) is 4.90 Å². The van der Waals surface area contributed by atoms with E-state index in [0.717, 1.165) is 30.8 Å². The molecular formula is C23H26Cl2N4. The van der Waals surface area contributed by atoms with Gasteiger partial charge in [0.05, 0.1) is 16.7 Å². The molecule has 4 rings (SSSR count). The number of aliphatic imine (C=N–C) groups is 1. The lowest BCUT2D eigenvalue weighted by Crippen LogP contribution is -2.34. The van der Waals surface area contributed by atoms with Crippen LogP contribution in [0.15, 0.2) is 53.0 Å². The molecule has 3 N–H and O–H groups in total. The third-order valence-electron chi connectivity index (χ3n) is 5.78. The van der Waals surface area contributed by atoms with E-state index in [9.17, 15) is 0 Å². The molecule has 1 aliphatic heterocycles. The number of halogens is 2. The van der Waals surface area contributed by atoms with Crippen molar-refractivity contribution >= 4 is 34.9 Å². The fourth-order valence-corrected chi connectivity index (χ4v) is 4.55. The van der Waals surface area contributed by atoms with Crippen LogP contribution in [0.3, 0.4) is 0 Å². The fraction of sp³-hybridized carbons (Fsp3) is 0.348. The lowest BCUT2D eigenvalue weighted by molar-refractivity contribution is 0.351. The Morgan fingerprint density at radius 3 is 2.66 bits per heavy atom. The van der Waals surface area contributed by atoms with Crippen molar-refractivity contribution in [2.45, 2.75) is 32.1 Å². The molecule has 2 aromatic rings. The minimum atomic E-state index is 0.231. The zero-order chi connectivity index (χ0) is 20.4. The molecule has 1 saturated heterocycles. The number of nitrogens with one attached hydrogen (secondary N) is 1. The summed E-state index contributed by atoms with van der Waals surface area (Å²) in [6, 6.07) is 14.4. The number of benzene rings is 2. The molecule has 4 nitrogen and oxygen atoms in total. The normalized spacial score (nSPS) is 20.1. The van der Waals surface area contributed by atoms with Crippen molar-refractivity contribution in [3.8, 4) is 0 Å². The number of guanidine groups is 1. The second-order valence-electron chi connectivity index (χ2n) is 7.81. The lowest BCUT2D eigenvalue weighted by atomic mass is 9.78. The first kappa shape index (κ1) is 20.3. The monoisotopic (exact) mass is 428 g/mol. The number of nitrogens with zero attached hydrogens (tertiary/aromatic N) is 2. The standard InChI is InChI=1S/C23H26Cl2N4/c1-15-12-19(16-8-9-20(24)21(25)13-16)17-6-2-3-7-18(17)22(15)28-23(26)27-14-29-10-4-5-11-29/h2-3,6-9,13,19H,4-5,10-12,14H2,1H3,(H3,26,27,28). The number of fused-ring (bicyclic) bond motifs is 1. The maximum atomic E-state index is 6.29. The highest BCUT2D eigenvalue weighted by Gasteiger charge is 2.26. The van der Waals surface area contributed by atoms with Crippen molar-refractivity contribution in [2.75, 3.05) is 19.8 Å². The molecule has 2 aromatic carbocycles. The first-order valence-corrected chi connectivity index (χ1v) is 10.8. The molecule has 1 aliphatic carbocycles. The topological polar surface area (TPSA) is 53.6 Å². The van der Waals surface area contributed by atoms with Gasteiger partial charge in [0.25, 0.3) is 0 Å². The van der Waals surface area contributed by atoms with Crippen LogP contribution in [0.5, 0.6) is 0 Å². The molecule has 0 aromatic heterocycles. The van der Waals surface area contributed by atoms with E-state index in [1.165, 1.54) is 29.5 Å². The fourth-order valence-electron chi connectivity index (χ4n) is 4.25. The molecule has 152 valence electrons. The zero-order valence-corrected chi connectivity index (χ0v) is 18.1.